The molecule has 0 spiro atoms. The third kappa shape index (κ3) is 4.07. The van der Waals surface area contributed by atoms with Gasteiger partial charge in [0.05, 0.1) is 10.6 Å². The predicted molar refractivity (Wildman–Crippen MR) is 124 cm³/mol. The highest BCUT2D eigenvalue weighted by atomic mass is 35.5. The van der Waals surface area contributed by atoms with Gasteiger partial charge >= 0.3 is 0 Å². The lowest BCUT2D eigenvalue weighted by molar-refractivity contribution is 0.598. The summed E-state index contributed by atoms with van der Waals surface area (Å²) in [6, 6.07) is 16.3. The second-order valence-electron chi connectivity index (χ2n) is 7.22. The summed E-state index contributed by atoms with van der Waals surface area (Å²) in [5.41, 5.74) is 4.72. The van der Waals surface area contributed by atoms with Crippen LogP contribution >= 0.6 is 22.9 Å². The van der Waals surface area contributed by atoms with E-state index in [9.17, 15) is 8.42 Å². The number of halogens is 1. The quantitative estimate of drug-likeness (QED) is 0.438. The zero-order valence-corrected chi connectivity index (χ0v) is 18.6. The summed E-state index contributed by atoms with van der Waals surface area (Å²) in [5, 5.41) is 9.02. The lowest BCUT2D eigenvalue weighted by Gasteiger charge is -2.16. The van der Waals surface area contributed by atoms with Crippen LogP contribution in [0.3, 0.4) is 0 Å². The average Bonchev–Trinajstić information content (AvgIpc) is 3.18. The molecule has 5 rings (SSSR count). The number of anilines is 2. The van der Waals surface area contributed by atoms with E-state index in [1.165, 1.54) is 17.0 Å². The molecule has 1 aliphatic carbocycles. The number of primary sulfonamides is 1. The lowest BCUT2D eigenvalue weighted by atomic mass is 9.96. The van der Waals surface area contributed by atoms with Gasteiger partial charge in [-0.1, -0.05) is 29.8 Å². The molecule has 4 aromatic rings. The number of nitrogens with zero attached hydrogens (tertiary/aromatic N) is 2. The van der Waals surface area contributed by atoms with Crippen LogP contribution in [0.5, 0.6) is 0 Å². The molecule has 9 heteroatoms. The predicted octanol–water partition coefficient (Wildman–Crippen LogP) is 5.02. The smallest absolute Gasteiger partial charge is 0.238 e. The minimum Gasteiger partial charge on any atom is -0.324 e. The van der Waals surface area contributed by atoms with Gasteiger partial charge in [0.25, 0.3) is 0 Å². The van der Waals surface area contributed by atoms with Crippen molar-refractivity contribution < 1.29 is 8.42 Å². The van der Waals surface area contributed by atoms with Gasteiger partial charge in [-0.3, -0.25) is 0 Å². The van der Waals surface area contributed by atoms with Crippen molar-refractivity contribution in [2.75, 3.05) is 5.32 Å². The van der Waals surface area contributed by atoms with Gasteiger partial charge in [0.15, 0.2) is 0 Å². The number of benzene rings is 2. The van der Waals surface area contributed by atoms with Crippen LogP contribution in [-0.4, -0.2) is 18.4 Å². The van der Waals surface area contributed by atoms with Gasteiger partial charge < -0.3 is 5.32 Å². The monoisotopic (exact) mass is 468 g/mol. The maximum Gasteiger partial charge on any atom is 0.238 e. The fraction of sp³-hybridized carbons (Fsp3) is 0.0909. The fourth-order valence-corrected chi connectivity index (χ4v) is 5.52. The second-order valence-corrected chi connectivity index (χ2v) is 10.4. The Balaban J connectivity index is 1.50. The highest BCUT2D eigenvalue weighted by molar-refractivity contribution is 7.89. The number of nitrogens with one attached hydrogen (secondary N) is 1. The summed E-state index contributed by atoms with van der Waals surface area (Å²) in [6.07, 6.45) is 3.65. The zero-order valence-electron chi connectivity index (χ0n) is 16.2. The normalized spacial score (nSPS) is 12.8. The minimum absolute atomic E-state index is 0.0294. The van der Waals surface area contributed by atoms with Crippen molar-refractivity contribution in [2.24, 2.45) is 5.14 Å². The lowest BCUT2D eigenvalue weighted by Crippen LogP contribution is -2.12. The largest absolute Gasteiger partial charge is 0.324 e. The number of fused-ring (bicyclic) bond motifs is 3. The van der Waals surface area contributed by atoms with Crippen LogP contribution in [0.15, 0.2) is 65.7 Å². The maximum absolute atomic E-state index is 11.6. The SMILES string of the molecule is NS(=O)(=O)c1cccc(Nc2ncc3c(n2)-c2cc(-c4cccc(Cl)c4)sc2CC3)c1. The Kier molecular flexibility index (Phi) is 5.02. The summed E-state index contributed by atoms with van der Waals surface area (Å²) in [5.74, 6) is 0.397. The molecule has 0 saturated heterocycles. The third-order valence-electron chi connectivity index (χ3n) is 5.08. The molecule has 2 aromatic heterocycles. The van der Waals surface area contributed by atoms with Crippen LogP contribution in [0.1, 0.15) is 10.4 Å². The van der Waals surface area contributed by atoms with Crippen molar-refractivity contribution in [2.45, 2.75) is 17.7 Å². The average molecular weight is 469 g/mol. The molecule has 0 aliphatic heterocycles. The minimum atomic E-state index is -3.79. The first-order chi connectivity index (χ1) is 14.9. The molecule has 3 N–H and O–H groups in total. The van der Waals surface area contributed by atoms with E-state index in [0.29, 0.717) is 16.7 Å². The van der Waals surface area contributed by atoms with E-state index < -0.39 is 10.0 Å². The molecule has 0 radical (unpaired) electrons. The molecular weight excluding hydrogens is 452 g/mol. The number of aryl methyl sites for hydroxylation is 2. The Hall–Kier alpha value is -2.78. The Morgan fingerprint density at radius 2 is 1.90 bits per heavy atom. The molecule has 31 heavy (non-hydrogen) atoms. The molecule has 0 amide bonds. The number of hydrogen-bond donors (Lipinski definition) is 2. The summed E-state index contributed by atoms with van der Waals surface area (Å²) >= 11 is 7.93. The summed E-state index contributed by atoms with van der Waals surface area (Å²) in [4.78, 5) is 11.6. The van der Waals surface area contributed by atoms with Crippen molar-refractivity contribution in [3.8, 4) is 21.7 Å². The van der Waals surface area contributed by atoms with E-state index in [-0.39, 0.29) is 4.90 Å². The summed E-state index contributed by atoms with van der Waals surface area (Å²) in [7, 11) is -3.79. The topological polar surface area (TPSA) is 98.0 Å². The molecule has 6 nitrogen and oxygen atoms in total. The fourth-order valence-electron chi connectivity index (χ4n) is 3.61. The third-order valence-corrected chi connectivity index (χ3v) is 7.47. The van der Waals surface area contributed by atoms with Crippen molar-refractivity contribution in [3.05, 3.63) is 76.3 Å². The number of hydrogen-bond acceptors (Lipinski definition) is 6. The van der Waals surface area contributed by atoms with E-state index in [1.807, 2.05) is 24.4 Å². The molecule has 0 fully saturated rings. The zero-order chi connectivity index (χ0) is 21.6. The number of sulfonamides is 1. The molecule has 2 heterocycles. The highest BCUT2D eigenvalue weighted by Gasteiger charge is 2.22. The van der Waals surface area contributed by atoms with E-state index in [1.54, 1.807) is 23.5 Å². The first kappa shape index (κ1) is 20.1. The molecule has 0 bridgehead atoms. The summed E-state index contributed by atoms with van der Waals surface area (Å²) < 4.78 is 23.2. The van der Waals surface area contributed by atoms with Crippen LogP contribution in [0.25, 0.3) is 21.7 Å². The first-order valence-electron chi connectivity index (χ1n) is 9.52. The van der Waals surface area contributed by atoms with E-state index >= 15 is 0 Å². The van der Waals surface area contributed by atoms with Gasteiger partial charge in [-0.25, -0.2) is 23.5 Å². The standard InChI is InChI=1S/C22H17ClN4O2S2/c23-15-4-1-3-13(9-15)20-11-18-19(30-20)8-7-14-12-25-22(27-21(14)18)26-16-5-2-6-17(10-16)31(24,28)29/h1-6,9-12H,7-8H2,(H2,24,28,29)(H,25,26,27). The second kappa shape index (κ2) is 7.72. The van der Waals surface area contributed by atoms with E-state index in [0.717, 1.165) is 40.1 Å². The molecule has 156 valence electrons. The van der Waals surface area contributed by atoms with Gasteiger partial charge in [-0.05, 0) is 60.4 Å². The number of thiophene rings is 1. The van der Waals surface area contributed by atoms with Crippen LogP contribution in [-0.2, 0) is 22.9 Å². The molecule has 0 atom stereocenters. The Bertz CT molecular complexity index is 1420. The molecule has 0 saturated carbocycles. The Morgan fingerprint density at radius 3 is 2.71 bits per heavy atom. The van der Waals surface area contributed by atoms with Gasteiger partial charge in [0.2, 0.25) is 16.0 Å². The number of rotatable bonds is 4. The maximum atomic E-state index is 11.6. The van der Waals surface area contributed by atoms with Crippen molar-refractivity contribution in [3.63, 3.8) is 0 Å². The van der Waals surface area contributed by atoms with Gasteiger partial charge in [-0.2, -0.15) is 0 Å². The summed E-state index contributed by atoms with van der Waals surface area (Å²) in [6.45, 7) is 0. The van der Waals surface area contributed by atoms with Gasteiger partial charge in [-0.15, -0.1) is 11.3 Å². The van der Waals surface area contributed by atoms with Crippen molar-refractivity contribution in [1.29, 1.82) is 0 Å². The molecule has 2 aromatic carbocycles. The van der Waals surface area contributed by atoms with Gasteiger partial charge in [0.1, 0.15) is 0 Å². The van der Waals surface area contributed by atoms with Crippen molar-refractivity contribution >= 4 is 44.6 Å². The van der Waals surface area contributed by atoms with E-state index in [4.69, 9.17) is 21.7 Å². The van der Waals surface area contributed by atoms with E-state index in [2.05, 4.69) is 22.4 Å². The molecular formula is C22H17ClN4O2S2. The highest BCUT2D eigenvalue weighted by Crippen LogP contribution is 2.42. The number of nitrogens with two attached hydrogens (primary N) is 1. The van der Waals surface area contributed by atoms with Crippen LogP contribution in [0.4, 0.5) is 11.6 Å². The number of aromatic nitrogens is 2. The Morgan fingerprint density at radius 1 is 1.06 bits per heavy atom. The van der Waals surface area contributed by atoms with Crippen LogP contribution in [0.2, 0.25) is 5.02 Å². The van der Waals surface area contributed by atoms with Gasteiger partial charge in [0, 0.05) is 32.2 Å². The van der Waals surface area contributed by atoms with Crippen LogP contribution < -0.4 is 10.5 Å². The van der Waals surface area contributed by atoms with Crippen molar-refractivity contribution in [1.82, 2.24) is 9.97 Å². The Labute approximate surface area is 188 Å². The van der Waals surface area contributed by atoms with Crippen LogP contribution in [0, 0.1) is 0 Å². The molecule has 0 unspecified atom stereocenters. The molecule has 1 aliphatic rings. The first-order valence-corrected chi connectivity index (χ1v) is 12.3.